The molecule has 0 aromatic heterocycles. The van der Waals surface area contributed by atoms with Gasteiger partial charge < -0.3 is 4.74 Å². The zero-order valence-electron chi connectivity index (χ0n) is 10.5. The Morgan fingerprint density at radius 1 is 1.41 bits per heavy atom. The van der Waals surface area contributed by atoms with Gasteiger partial charge in [-0.3, -0.25) is 4.79 Å². The van der Waals surface area contributed by atoms with Crippen LogP contribution in [-0.4, -0.2) is 12.6 Å². The molecule has 17 heavy (non-hydrogen) atoms. The van der Waals surface area contributed by atoms with Gasteiger partial charge in [0.25, 0.3) is 0 Å². The minimum atomic E-state index is -0.239. The van der Waals surface area contributed by atoms with Gasteiger partial charge in [0, 0.05) is 0 Å². The molecule has 0 aliphatic heterocycles. The van der Waals surface area contributed by atoms with E-state index < -0.39 is 0 Å². The number of benzene rings is 1. The Kier molecular flexibility index (Phi) is 4.71. The smallest absolute Gasteiger partial charge is 0.310 e. The third kappa shape index (κ3) is 3.32. The summed E-state index contributed by atoms with van der Waals surface area (Å²) < 4.78 is 4.94. The van der Waals surface area contributed by atoms with Gasteiger partial charge in [0.05, 0.1) is 24.7 Å². The van der Waals surface area contributed by atoms with Crippen LogP contribution in [-0.2, 0) is 22.4 Å². The number of carbonyl (C=O) groups is 1. The fourth-order valence-electron chi connectivity index (χ4n) is 1.99. The summed E-state index contributed by atoms with van der Waals surface area (Å²) in [4.78, 5) is 11.5. The second-order valence-corrected chi connectivity index (χ2v) is 3.88. The Balaban J connectivity index is 3.08. The molecule has 0 unspecified atom stereocenters. The lowest BCUT2D eigenvalue weighted by Crippen LogP contribution is -2.10. The third-order valence-electron chi connectivity index (χ3n) is 2.69. The Bertz CT molecular complexity index is 458. The van der Waals surface area contributed by atoms with E-state index in [1.807, 2.05) is 19.9 Å². The topological polar surface area (TPSA) is 50.1 Å². The van der Waals surface area contributed by atoms with Crippen molar-refractivity contribution in [3.63, 3.8) is 0 Å². The summed E-state index contributed by atoms with van der Waals surface area (Å²) in [7, 11) is 0. The van der Waals surface area contributed by atoms with Gasteiger partial charge in [0.2, 0.25) is 0 Å². The molecular weight excluding hydrogens is 214 g/mol. The predicted octanol–water partition coefficient (Wildman–Crippen LogP) is 2.53. The zero-order chi connectivity index (χ0) is 12.8. The lowest BCUT2D eigenvalue weighted by Gasteiger charge is -2.11. The van der Waals surface area contributed by atoms with Crippen LogP contribution in [0.2, 0.25) is 0 Å². The molecule has 0 saturated carbocycles. The molecule has 1 rings (SSSR count). The normalized spacial score (nSPS) is 9.76. The van der Waals surface area contributed by atoms with Crippen molar-refractivity contribution < 1.29 is 9.53 Å². The minimum Gasteiger partial charge on any atom is -0.466 e. The molecule has 0 fully saturated rings. The molecule has 90 valence electrons. The van der Waals surface area contributed by atoms with Gasteiger partial charge in [-0.15, -0.1) is 0 Å². The molecule has 3 heteroatoms. The van der Waals surface area contributed by atoms with E-state index in [2.05, 4.69) is 6.07 Å². The number of ether oxygens (including phenoxy) is 1. The zero-order valence-corrected chi connectivity index (χ0v) is 10.5. The van der Waals surface area contributed by atoms with E-state index in [1.54, 1.807) is 13.0 Å². The third-order valence-corrected chi connectivity index (χ3v) is 2.69. The van der Waals surface area contributed by atoms with Gasteiger partial charge in [-0.25, -0.2) is 0 Å². The van der Waals surface area contributed by atoms with Crippen molar-refractivity contribution in [3.8, 4) is 6.07 Å². The van der Waals surface area contributed by atoms with Crippen LogP contribution in [0.5, 0.6) is 0 Å². The van der Waals surface area contributed by atoms with E-state index in [-0.39, 0.29) is 12.4 Å². The number of rotatable bonds is 4. The van der Waals surface area contributed by atoms with Gasteiger partial charge in [-0.05, 0) is 49.1 Å². The van der Waals surface area contributed by atoms with E-state index in [0.29, 0.717) is 12.2 Å². The van der Waals surface area contributed by atoms with Gasteiger partial charge in [-0.2, -0.15) is 5.26 Å². The molecule has 0 bridgehead atoms. The SMILES string of the molecule is CCOC(=O)Cc1cc(C#N)cc(C)c1CC. The maximum absolute atomic E-state index is 11.5. The van der Waals surface area contributed by atoms with Gasteiger partial charge in [-0.1, -0.05) is 6.92 Å². The quantitative estimate of drug-likeness (QED) is 0.748. The van der Waals surface area contributed by atoms with E-state index in [4.69, 9.17) is 10.00 Å². The summed E-state index contributed by atoms with van der Waals surface area (Å²) in [5, 5.41) is 8.92. The number of esters is 1. The summed E-state index contributed by atoms with van der Waals surface area (Å²) >= 11 is 0. The molecule has 0 aliphatic carbocycles. The first kappa shape index (κ1) is 13.2. The average Bonchev–Trinajstić information content (AvgIpc) is 2.28. The largest absolute Gasteiger partial charge is 0.466 e. The molecule has 0 aliphatic rings. The number of nitrogens with zero attached hydrogens (tertiary/aromatic N) is 1. The van der Waals surface area contributed by atoms with E-state index >= 15 is 0 Å². The van der Waals surface area contributed by atoms with Crippen molar-refractivity contribution in [3.05, 3.63) is 34.4 Å². The Hall–Kier alpha value is -1.82. The van der Waals surface area contributed by atoms with Crippen LogP contribution in [0.4, 0.5) is 0 Å². The Morgan fingerprint density at radius 2 is 2.12 bits per heavy atom. The van der Waals surface area contributed by atoms with Crippen LogP contribution in [0.25, 0.3) is 0 Å². The van der Waals surface area contributed by atoms with Crippen LogP contribution >= 0.6 is 0 Å². The van der Waals surface area contributed by atoms with E-state index in [9.17, 15) is 4.79 Å². The van der Waals surface area contributed by atoms with Crippen molar-refractivity contribution in [2.24, 2.45) is 0 Å². The fourth-order valence-corrected chi connectivity index (χ4v) is 1.99. The molecular formula is C14H17NO2. The molecule has 1 aromatic carbocycles. The van der Waals surface area contributed by atoms with Crippen LogP contribution < -0.4 is 0 Å². The monoisotopic (exact) mass is 231 g/mol. The highest BCUT2D eigenvalue weighted by Gasteiger charge is 2.11. The Labute approximate surface area is 102 Å². The van der Waals surface area contributed by atoms with Crippen molar-refractivity contribution in [1.29, 1.82) is 5.26 Å². The molecule has 1 aromatic rings. The summed E-state index contributed by atoms with van der Waals surface area (Å²) in [6, 6.07) is 5.75. The highest BCUT2D eigenvalue weighted by Crippen LogP contribution is 2.18. The van der Waals surface area contributed by atoms with Gasteiger partial charge in [0.1, 0.15) is 0 Å². The molecule has 0 saturated heterocycles. The number of nitriles is 1. The summed E-state index contributed by atoms with van der Waals surface area (Å²) in [5.74, 6) is -0.239. The summed E-state index contributed by atoms with van der Waals surface area (Å²) in [6.45, 7) is 6.18. The first-order valence-electron chi connectivity index (χ1n) is 5.80. The van der Waals surface area contributed by atoms with E-state index in [0.717, 1.165) is 23.1 Å². The molecule has 0 spiro atoms. The van der Waals surface area contributed by atoms with Crippen molar-refractivity contribution in [2.45, 2.75) is 33.6 Å². The molecule has 3 nitrogen and oxygen atoms in total. The highest BCUT2D eigenvalue weighted by molar-refractivity contribution is 5.73. The van der Waals surface area contributed by atoms with Crippen molar-refractivity contribution >= 4 is 5.97 Å². The molecule has 0 heterocycles. The number of hydrogen-bond acceptors (Lipinski definition) is 3. The lowest BCUT2D eigenvalue weighted by molar-refractivity contribution is -0.142. The fraction of sp³-hybridized carbons (Fsp3) is 0.429. The summed E-state index contributed by atoms with van der Waals surface area (Å²) in [5.41, 5.74) is 3.70. The first-order chi connectivity index (χ1) is 8.12. The molecule has 0 amide bonds. The van der Waals surface area contributed by atoms with Crippen LogP contribution in [0, 0.1) is 18.3 Å². The van der Waals surface area contributed by atoms with Crippen LogP contribution in [0.3, 0.4) is 0 Å². The summed E-state index contributed by atoms with van der Waals surface area (Å²) in [6.07, 6.45) is 1.10. The lowest BCUT2D eigenvalue weighted by atomic mass is 9.95. The number of hydrogen-bond donors (Lipinski definition) is 0. The van der Waals surface area contributed by atoms with E-state index in [1.165, 1.54) is 0 Å². The number of aryl methyl sites for hydroxylation is 1. The van der Waals surface area contributed by atoms with Gasteiger partial charge in [0.15, 0.2) is 0 Å². The molecule has 0 atom stereocenters. The minimum absolute atomic E-state index is 0.239. The first-order valence-corrected chi connectivity index (χ1v) is 5.80. The standard InChI is InChI=1S/C14H17NO2/c1-4-13-10(3)6-11(9-15)7-12(13)8-14(16)17-5-2/h6-7H,4-5,8H2,1-3H3. The van der Waals surface area contributed by atoms with Crippen molar-refractivity contribution in [1.82, 2.24) is 0 Å². The molecule has 0 radical (unpaired) electrons. The van der Waals surface area contributed by atoms with Crippen LogP contribution in [0.15, 0.2) is 12.1 Å². The average molecular weight is 231 g/mol. The second kappa shape index (κ2) is 6.05. The Morgan fingerprint density at radius 3 is 2.65 bits per heavy atom. The van der Waals surface area contributed by atoms with Crippen LogP contribution in [0.1, 0.15) is 36.1 Å². The predicted molar refractivity (Wildman–Crippen MR) is 65.6 cm³/mol. The van der Waals surface area contributed by atoms with Gasteiger partial charge >= 0.3 is 5.97 Å². The number of carbonyl (C=O) groups excluding carboxylic acids is 1. The molecule has 0 N–H and O–H groups in total. The maximum Gasteiger partial charge on any atom is 0.310 e. The van der Waals surface area contributed by atoms with Crippen molar-refractivity contribution in [2.75, 3.05) is 6.61 Å². The maximum atomic E-state index is 11.5. The highest BCUT2D eigenvalue weighted by atomic mass is 16.5. The second-order valence-electron chi connectivity index (χ2n) is 3.88.